The van der Waals surface area contributed by atoms with Gasteiger partial charge in [0, 0.05) is 24.4 Å². The number of nitriles is 1. The van der Waals surface area contributed by atoms with E-state index in [0.29, 0.717) is 38.6 Å². The number of rotatable bonds is 7. The van der Waals surface area contributed by atoms with Crippen LogP contribution in [0.25, 0.3) is 0 Å². The maximum absolute atomic E-state index is 14.4. The van der Waals surface area contributed by atoms with Crippen LogP contribution < -0.4 is 16.0 Å². The normalized spacial score (nSPS) is 40.5. The summed E-state index contributed by atoms with van der Waals surface area (Å²) >= 11 is 0. The van der Waals surface area contributed by atoms with Crippen LogP contribution in [0.1, 0.15) is 65.2 Å². The Kier molecular flexibility index (Phi) is 6.65. The first-order valence-electron chi connectivity index (χ1n) is 15.0. The Hall–Kier alpha value is -2.88. The number of piperidine rings is 1. The molecule has 2 heterocycles. The van der Waals surface area contributed by atoms with E-state index in [1.807, 2.05) is 25.2 Å². The number of likely N-dealkylation sites (tertiary alicyclic amines) is 1. The number of carbonyl (C=O) groups is 4. The van der Waals surface area contributed by atoms with Crippen LogP contribution in [0.4, 0.5) is 13.2 Å². The average Bonchev–Trinajstić information content (AvgIpc) is 3.22. The molecule has 0 aromatic carbocycles. The first kappa shape index (κ1) is 29.2. The van der Waals surface area contributed by atoms with E-state index in [2.05, 4.69) is 10.6 Å². The number of nitrogens with one attached hydrogen (secondary N) is 3. The molecule has 0 spiro atoms. The molecular weight excluding hydrogens is 555 g/mol. The Balaban J connectivity index is 1.28. The van der Waals surface area contributed by atoms with Gasteiger partial charge >= 0.3 is 12.1 Å². The van der Waals surface area contributed by atoms with Crippen LogP contribution >= 0.6 is 0 Å². The standard InChI is InChI=1S/C29H38F3N5O5/c1-26(2)18-12-37(20(19(18)26)23(39)35-17(11-33)6-16-3-4-34-22(16)38)24(40)21(36-25(41)29(30,31)32)27-7-14-5-15(8-27)10-28(42,9-14)13-27/h14-21,42H,3-10,12-13H2,1-2H3,(H,34,38)(H,35,39)(H,36,41)/t14-,15+,16-,17-,18-,19-,20-,21+,27?,28?/m0/s1. The molecule has 2 aliphatic heterocycles. The van der Waals surface area contributed by atoms with Gasteiger partial charge in [-0.3, -0.25) is 19.2 Å². The third-order valence-corrected chi connectivity index (χ3v) is 11.4. The Morgan fingerprint density at radius 3 is 2.38 bits per heavy atom. The summed E-state index contributed by atoms with van der Waals surface area (Å²) in [7, 11) is 0. The van der Waals surface area contributed by atoms with Crippen LogP contribution in [-0.4, -0.2) is 76.6 Å². The maximum atomic E-state index is 14.4. The molecule has 42 heavy (non-hydrogen) atoms. The summed E-state index contributed by atoms with van der Waals surface area (Å²) in [6.07, 6.45) is -1.72. The van der Waals surface area contributed by atoms with Crippen LogP contribution in [0.3, 0.4) is 0 Å². The second kappa shape index (κ2) is 9.56. The Morgan fingerprint density at radius 1 is 1.17 bits per heavy atom. The SMILES string of the molecule is CC1(C)[C@@H]2[C@@H](C(=O)N[C@H](C#N)C[C@@H]3CCNC3=O)N(C(=O)[C@@H](NC(=O)C(F)(F)F)C34C[C@@H]5C[C@@H](CC(O)(C5)C3)C4)C[C@@H]21. The largest absolute Gasteiger partial charge is 0.471 e. The molecule has 0 aromatic heterocycles. The summed E-state index contributed by atoms with van der Waals surface area (Å²) in [5.41, 5.74) is -2.44. The number of amides is 4. The van der Waals surface area contributed by atoms with Gasteiger partial charge in [-0.2, -0.15) is 18.4 Å². The van der Waals surface area contributed by atoms with Crippen molar-refractivity contribution in [3.63, 3.8) is 0 Å². The second-order valence-electron chi connectivity index (χ2n) is 14.5. The first-order chi connectivity index (χ1) is 19.6. The molecule has 4 amide bonds. The smallest absolute Gasteiger partial charge is 0.390 e. The number of hydrogen-bond donors (Lipinski definition) is 4. The molecule has 4 N–H and O–H groups in total. The molecule has 5 saturated carbocycles. The van der Waals surface area contributed by atoms with Gasteiger partial charge in [0.05, 0.1) is 11.7 Å². The molecule has 7 aliphatic rings. The molecule has 10 atom stereocenters. The molecule has 5 aliphatic carbocycles. The van der Waals surface area contributed by atoms with Crippen LogP contribution in [0.2, 0.25) is 0 Å². The van der Waals surface area contributed by atoms with Gasteiger partial charge in [-0.15, -0.1) is 0 Å². The Labute approximate surface area is 242 Å². The molecule has 4 bridgehead atoms. The van der Waals surface area contributed by atoms with Crippen molar-refractivity contribution in [2.75, 3.05) is 13.1 Å². The lowest BCUT2D eigenvalue weighted by atomic mass is 9.46. The molecule has 7 rings (SSSR count). The zero-order valence-corrected chi connectivity index (χ0v) is 23.8. The quantitative estimate of drug-likeness (QED) is 0.350. The lowest BCUT2D eigenvalue weighted by Gasteiger charge is -2.62. The van der Waals surface area contributed by atoms with E-state index in [-0.39, 0.29) is 54.4 Å². The third-order valence-electron chi connectivity index (χ3n) is 11.4. The number of hydrogen-bond acceptors (Lipinski definition) is 6. The summed E-state index contributed by atoms with van der Waals surface area (Å²) in [5.74, 6) is -4.41. The zero-order chi connectivity index (χ0) is 30.4. The summed E-state index contributed by atoms with van der Waals surface area (Å²) in [6, 6.07) is -1.53. The maximum Gasteiger partial charge on any atom is 0.471 e. The van der Waals surface area contributed by atoms with Crippen molar-refractivity contribution < 1.29 is 37.5 Å². The highest BCUT2D eigenvalue weighted by Gasteiger charge is 2.71. The number of carbonyl (C=O) groups excluding carboxylic acids is 4. The highest BCUT2D eigenvalue weighted by molar-refractivity contribution is 5.95. The zero-order valence-electron chi connectivity index (χ0n) is 23.8. The molecule has 13 heteroatoms. The predicted molar refractivity (Wildman–Crippen MR) is 140 cm³/mol. The molecule has 2 saturated heterocycles. The number of alkyl halides is 3. The van der Waals surface area contributed by atoms with Crippen LogP contribution in [0.15, 0.2) is 0 Å². The molecule has 230 valence electrons. The van der Waals surface area contributed by atoms with Gasteiger partial charge in [0.25, 0.3) is 0 Å². The van der Waals surface area contributed by atoms with Gasteiger partial charge in [0.2, 0.25) is 17.7 Å². The highest BCUT2D eigenvalue weighted by Crippen LogP contribution is 2.66. The second-order valence-corrected chi connectivity index (χ2v) is 14.5. The van der Waals surface area contributed by atoms with Crippen LogP contribution in [0, 0.1) is 51.8 Å². The van der Waals surface area contributed by atoms with E-state index < -0.39 is 59.0 Å². The van der Waals surface area contributed by atoms with Gasteiger partial charge in [0.15, 0.2) is 0 Å². The van der Waals surface area contributed by atoms with Crippen molar-refractivity contribution in [3.05, 3.63) is 0 Å². The van der Waals surface area contributed by atoms with E-state index in [4.69, 9.17) is 0 Å². The first-order valence-corrected chi connectivity index (χ1v) is 15.0. The molecule has 0 radical (unpaired) electrons. The van der Waals surface area contributed by atoms with E-state index in [1.54, 1.807) is 0 Å². The average molecular weight is 594 g/mol. The molecule has 2 unspecified atom stereocenters. The van der Waals surface area contributed by atoms with E-state index in [0.717, 1.165) is 6.42 Å². The van der Waals surface area contributed by atoms with E-state index >= 15 is 0 Å². The van der Waals surface area contributed by atoms with Gasteiger partial charge in [-0.25, -0.2) is 0 Å². The van der Waals surface area contributed by atoms with E-state index in [1.165, 1.54) is 4.90 Å². The van der Waals surface area contributed by atoms with Crippen molar-refractivity contribution in [3.8, 4) is 6.07 Å². The fourth-order valence-corrected chi connectivity index (χ4v) is 9.85. The van der Waals surface area contributed by atoms with Crippen molar-refractivity contribution >= 4 is 23.6 Å². The monoisotopic (exact) mass is 593 g/mol. The number of nitrogens with zero attached hydrogens (tertiary/aromatic N) is 2. The van der Waals surface area contributed by atoms with E-state index in [9.17, 15) is 42.7 Å². The minimum atomic E-state index is -5.21. The van der Waals surface area contributed by atoms with Crippen LogP contribution in [-0.2, 0) is 19.2 Å². The summed E-state index contributed by atoms with van der Waals surface area (Å²) < 4.78 is 40.6. The van der Waals surface area contributed by atoms with Gasteiger partial charge in [0.1, 0.15) is 18.1 Å². The fourth-order valence-electron chi connectivity index (χ4n) is 9.85. The molecule has 10 nitrogen and oxygen atoms in total. The molecule has 0 aromatic rings. The predicted octanol–water partition coefficient (Wildman–Crippen LogP) is 1.38. The van der Waals surface area contributed by atoms with Gasteiger partial charge in [-0.1, -0.05) is 13.8 Å². The summed E-state index contributed by atoms with van der Waals surface area (Å²) in [4.78, 5) is 53.8. The van der Waals surface area contributed by atoms with Crippen molar-refractivity contribution in [2.45, 2.75) is 95.1 Å². The van der Waals surface area contributed by atoms with Gasteiger partial charge < -0.3 is 26.0 Å². The topological polar surface area (TPSA) is 152 Å². The Bertz CT molecular complexity index is 1230. The van der Waals surface area contributed by atoms with Crippen molar-refractivity contribution in [2.24, 2.45) is 40.4 Å². The lowest BCUT2D eigenvalue weighted by molar-refractivity contribution is -0.191. The Morgan fingerprint density at radius 2 is 1.83 bits per heavy atom. The number of fused-ring (bicyclic) bond motifs is 1. The highest BCUT2D eigenvalue weighted by atomic mass is 19.4. The fraction of sp³-hybridized carbons (Fsp3) is 0.828. The summed E-state index contributed by atoms with van der Waals surface area (Å²) in [6.45, 7) is 4.56. The van der Waals surface area contributed by atoms with Crippen molar-refractivity contribution in [1.29, 1.82) is 5.26 Å². The third kappa shape index (κ3) is 4.74. The summed E-state index contributed by atoms with van der Waals surface area (Å²) in [5, 5.41) is 28.5. The molecular formula is C29H38F3N5O5. The molecule has 7 fully saturated rings. The lowest BCUT2D eigenvalue weighted by Crippen LogP contribution is -2.68. The minimum Gasteiger partial charge on any atom is -0.390 e. The van der Waals surface area contributed by atoms with Crippen LogP contribution in [0.5, 0.6) is 0 Å². The van der Waals surface area contributed by atoms with Crippen molar-refractivity contribution in [1.82, 2.24) is 20.9 Å². The number of halogens is 3. The number of aliphatic hydroxyl groups is 1. The minimum absolute atomic E-state index is 0.0449. The van der Waals surface area contributed by atoms with Gasteiger partial charge in [-0.05, 0) is 80.5 Å².